The van der Waals surface area contributed by atoms with Crippen LogP contribution in [0.25, 0.3) is 10.8 Å². The molecule has 0 atom stereocenters. The highest BCUT2D eigenvalue weighted by atomic mass is 16.1. The van der Waals surface area contributed by atoms with E-state index >= 15 is 0 Å². The van der Waals surface area contributed by atoms with Gasteiger partial charge in [-0.3, -0.25) is 4.79 Å². The number of carbonyl (C=O) groups excluding carboxylic acids is 1. The number of benzene rings is 2. The lowest BCUT2D eigenvalue weighted by atomic mass is 10.0. The maximum Gasteiger partial charge on any atom is 0.224 e. The van der Waals surface area contributed by atoms with Gasteiger partial charge in [-0.1, -0.05) is 42.5 Å². The minimum atomic E-state index is 0.0869. The van der Waals surface area contributed by atoms with Crippen LogP contribution in [0.3, 0.4) is 0 Å². The molecule has 1 aromatic heterocycles. The first-order valence-corrected chi connectivity index (χ1v) is 7.67. The molecule has 112 valence electrons. The predicted molar refractivity (Wildman–Crippen MR) is 89.7 cm³/mol. The SMILES string of the molecule is O=C(Cc1cccc2ccccc12)NCCCn1cccc1. The lowest BCUT2D eigenvalue weighted by Crippen LogP contribution is -2.26. The molecular weight excluding hydrogens is 272 g/mol. The van der Waals surface area contributed by atoms with Gasteiger partial charge in [0.1, 0.15) is 0 Å². The summed E-state index contributed by atoms with van der Waals surface area (Å²) in [6, 6.07) is 18.3. The molecule has 0 spiro atoms. The summed E-state index contributed by atoms with van der Waals surface area (Å²) in [5.74, 6) is 0.0869. The summed E-state index contributed by atoms with van der Waals surface area (Å²) in [5, 5.41) is 5.35. The van der Waals surface area contributed by atoms with Crippen LogP contribution >= 0.6 is 0 Å². The van der Waals surface area contributed by atoms with E-state index in [0.29, 0.717) is 13.0 Å². The summed E-state index contributed by atoms with van der Waals surface area (Å²) in [6.07, 6.45) is 5.46. The van der Waals surface area contributed by atoms with Crippen LogP contribution in [0.15, 0.2) is 67.0 Å². The fraction of sp³-hybridized carbons (Fsp3) is 0.211. The second-order valence-electron chi connectivity index (χ2n) is 5.44. The molecule has 1 amide bonds. The van der Waals surface area contributed by atoms with Crippen LogP contribution in [0.2, 0.25) is 0 Å². The molecule has 3 aromatic rings. The van der Waals surface area contributed by atoms with Crippen LogP contribution in [0.1, 0.15) is 12.0 Å². The van der Waals surface area contributed by atoms with Crippen LogP contribution < -0.4 is 5.32 Å². The fourth-order valence-corrected chi connectivity index (χ4v) is 2.69. The van der Waals surface area contributed by atoms with Crippen LogP contribution in [-0.4, -0.2) is 17.0 Å². The Morgan fingerprint density at radius 1 is 0.955 bits per heavy atom. The van der Waals surface area contributed by atoms with Crippen molar-refractivity contribution in [2.75, 3.05) is 6.54 Å². The molecule has 22 heavy (non-hydrogen) atoms. The smallest absolute Gasteiger partial charge is 0.224 e. The number of carbonyl (C=O) groups is 1. The van der Waals surface area contributed by atoms with E-state index in [1.54, 1.807) is 0 Å². The highest BCUT2D eigenvalue weighted by Crippen LogP contribution is 2.18. The fourth-order valence-electron chi connectivity index (χ4n) is 2.69. The van der Waals surface area contributed by atoms with Crippen molar-refractivity contribution in [1.29, 1.82) is 0 Å². The Morgan fingerprint density at radius 3 is 2.59 bits per heavy atom. The second kappa shape index (κ2) is 6.94. The van der Waals surface area contributed by atoms with Crippen LogP contribution in [-0.2, 0) is 17.8 Å². The van der Waals surface area contributed by atoms with E-state index in [1.807, 2.05) is 48.8 Å². The van der Waals surface area contributed by atoms with E-state index in [4.69, 9.17) is 0 Å². The Balaban J connectivity index is 1.52. The summed E-state index contributed by atoms with van der Waals surface area (Å²) >= 11 is 0. The largest absolute Gasteiger partial charge is 0.356 e. The number of aromatic nitrogens is 1. The molecule has 3 heteroatoms. The third kappa shape index (κ3) is 3.55. The molecule has 0 radical (unpaired) electrons. The van der Waals surface area contributed by atoms with Crippen molar-refractivity contribution in [3.8, 4) is 0 Å². The van der Waals surface area contributed by atoms with Crippen molar-refractivity contribution < 1.29 is 4.79 Å². The molecule has 0 fully saturated rings. The Morgan fingerprint density at radius 2 is 1.73 bits per heavy atom. The van der Waals surface area contributed by atoms with E-state index in [1.165, 1.54) is 5.39 Å². The minimum Gasteiger partial charge on any atom is -0.356 e. The molecule has 0 saturated heterocycles. The Hall–Kier alpha value is -2.55. The van der Waals surface area contributed by atoms with Gasteiger partial charge in [0.05, 0.1) is 6.42 Å². The van der Waals surface area contributed by atoms with Gasteiger partial charge in [0.25, 0.3) is 0 Å². The maximum absolute atomic E-state index is 12.1. The molecule has 0 aliphatic rings. The van der Waals surface area contributed by atoms with Crippen molar-refractivity contribution >= 4 is 16.7 Å². The average molecular weight is 292 g/mol. The zero-order chi connectivity index (χ0) is 15.2. The van der Waals surface area contributed by atoms with Gasteiger partial charge >= 0.3 is 0 Å². The van der Waals surface area contributed by atoms with Crippen molar-refractivity contribution in [1.82, 2.24) is 9.88 Å². The highest BCUT2D eigenvalue weighted by Gasteiger charge is 2.06. The van der Waals surface area contributed by atoms with Crippen LogP contribution in [0.4, 0.5) is 0 Å². The number of nitrogens with zero attached hydrogens (tertiary/aromatic N) is 1. The monoisotopic (exact) mass is 292 g/mol. The third-order valence-corrected chi connectivity index (χ3v) is 3.81. The van der Waals surface area contributed by atoms with Crippen LogP contribution in [0.5, 0.6) is 0 Å². The summed E-state index contributed by atoms with van der Waals surface area (Å²) in [4.78, 5) is 12.1. The number of aryl methyl sites for hydroxylation is 1. The van der Waals surface area contributed by atoms with Crippen LogP contribution in [0, 0.1) is 0 Å². The average Bonchev–Trinajstić information content (AvgIpc) is 3.05. The number of amides is 1. The summed E-state index contributed by atoms with van der Waals surface area (Å²) in [7, 11) is 0. The topological polar surface area (TPSA) is 34.0 Å². The van der Waals surface area contributed by atoms with E-state index in [-0.39, 0.29) is 5.91 Å². The van der Waals surface area contributed by atoms with Gasteiger partial charge in [0.15, 0.2) is 0 Å². The standard InChI is InChI=1S/C19H20N2O/c22-19(20-11-6-14-21-12-3-4-13-21)15-17-9-5-8-16-7-1-2-10-18(16)17/h1-5,7-10,12-13H,6,11,14-15H2,(H,20,22). The highest BCUT2D eigenvalue weighted by molar-refractivity contribution is 5.90. The van der Waals surface area contributed by atoms with Gasteiger partial charge in [0, 0.05) is 25.5 Å². The first-order valence-electron chi connectivity index (χ1n) is 7.67. The zero-order valence-corrected chi connectivity index (χ0v) is 12.5. The summed E-state index contributed by atoms with van der Waals surface area (Å²) in [6.45, 7) is 1.64. The lowest BCUT2D eigenvalue weighted by Gasteiger charge is -2.08. The Kier molecular flexibility index (Phi) is 4.54. The first kappa shape index (κ1) is 14.4. The number of rotatable bonds is 6. The van der Waals surface area contributed by atoms with Crippen molar-refractivity contribution in [3.05, 3.63) is 72.6 Å². The van der Waals surface area contributed by atoms with Gasteiger partial charge in [-0.25, -0.2) is 0 Å². The Bertz CT molecular complexity index is 742. The van der Waals surface area contributed by atoms with Gasteiger partial charge in [-0.05, 0) is 34.9 Å². The van der Waals surface area contributed by atoms with Crippen molar-refractivity contribution in [3.63, 3.8) is 0 Å². The molecule has 3 nitrogen and oxygen atoms in total. The molecule has 0 saturated carbocycles. The second-order valence-corrected chi connectivity index (χ2v) is 5.44. The summed E-state index contributed by atoms with van der Waals surface area (Å²) in [5.41, 5.74) is 1.08. The minimum absolute atomic E-state index is 0.0869. The van der Waals surface area contributed by atoms with Gasteiger partial charge in [-0.2, -0.15) is 0 Å². The molecule has 2 aromatic carbocycles. The van der Waals surface area contributed by atoms with E-state index in [2.05, 4.69) is 28.1 Å². The Labute approximate surface area is 130 Å². The van der Waals surface area contributed by atoms with E-state index in [0.717, 1.165) is 23.9 Å². The number of hydrogen-bond acceptors (Lipinski definition) is 1. The third-order valence-electron chi connectivity index (χ3n) is 3.81. The molecule has 0 aliphatic heterocycles. The van der Waals surface area contributed by atoms with Gasteiger partial charge in [-0.15, -0.1) is 0 Å². The lowest BCUT2D eigenvalue weighted by molar-refractivity contribution is -0.120. The molecule has 1 N–H and O–H groups in total. The number of hydrogen-bond donors (Lipinski definition) is 1. The number of nitrogens with one attached hydrogen (secondary N) is 1. The molecule has 1 heterocycles. The van der Waals surface area contributed by atoms with Gasteiger partial charge < -0.3 is 9.88 Å². The normalized spacial score (nSPS) is 10.7. The molecule has 0 aliphatic carbocycles. The van der Waals surface area contributed by atoms with E-state index < -0.39 is 0 Å². The molecule has 3 rings (SSSR count). The predicted octanol–water partition coefficient (Wildman–Crippen LogP) is 3.39. The van der Waals surface area contributed by atoms with E-state index in [9.17, 15) is 4.79 Å². The molecule has 0 unspecified atom stereocenters. The quantitative estimate of drug-likeness (QED) is 0.694. The number of fused-ring (bicyclic) bond motifs is 1. The van der Waals surface area contributed by atoms with Gasteiger partial charge in [0.2, 0.25) is 5.91 Å². The zero-order valence-electron chi connectivity index (χ0n) is 12.5. The van der Waals surface area contributed by atoms with Crippen molar-refractivity contribution in [2.24, 2.45) is 0 Å². The molecule has 0 bridgehead atoms. The van der Waals surface area contributed by atoms with Crippen molar-refractivity contribution in [2.45, 2.75) is 19.4 Å². The molecular formula is C19H20N2O. The first-order chi connectivity index (χ1) is 10.8. The maximum atomic E-state index is 12.1. The summed E-state index contributed by atoms with van der Waals surface area (Å²) < 4.78 is 2.12.